The van der Waals surface area contributed by atoms with Crippen molar-refractivity contribution in [1.29, 1.82) is 0 Å². The van der Waals surface area contributed by atoms with Crippen LogP contribution in [0.5, 0.6) is 5.88 Å². The van der Waals surface area contributed by atoms with E-state index in [2.05, 4.69) is 30.4 Å². The van der Waals surface area contributed by atoms with Crippen molar-refractivity contribution in [2.24, 2.45) is 0 Å². The summed E-state index contributed by atoms with van der Waals surface area (Å²) in [5.74, 6) is 1.20. The number of ether oxygens (including phenoxy) is 1. The van der Waals surface area contributed by atoms with Gasteiger partial charge < -0.3 is 15.0 Å². The van der Waals surface area contributed by atoms with E-state index in [4.69, 9.17) is 4.74 Å². The third-order valence-electron chi connectivity index (χ3n) is 5.02. The molecule has 1 amide bonds. The normalized spacial score (nSPS) is 19.3. The molecule has 4 rings (SSSR count). The number of nitrogens with one attached hydrogen (secondary N) is 2. The van der Waals surface area contributed by atoms with Crippen molar-refractivity contribution in [3.05, 3.63) is 29.3 Å². The monoisotopic (exact) mass is 356 g/mol. The molecule has 1 atom stereocenters. The van der Waals surface area contributed by atoms with Crippen molar-refractivity contribution in [3.8, 4) is 5.88 Å². The molecule has 1 saturated heterocycles. The Balaban J connectivity index is 1.42. The number of aryl methyl sites for hydroxylation is 1. The molecule has 0 saturated carbocycles. The SMILES string of the molecule is CCOc1nccnc1N1CCC(NC(=O)c2n[nH]c3c2CCCC3)C1. The lowest BCUT2D eigenvalue weighted by Gasteiger charge is -2.19. The fourth-order valence-corrected chi connectivity index (χ4v) is 3.77. The number of aromatic amines is 1. The first-order valence-corrected chi connectivity index (χ1v) is 9.32. The highest BCUT2D eigenvalue weighted by Gasteiger charge is 2.29. The van der Waals surface area contributed by atoms with Crippen molar-refractivity contribution in [2.75, 3.05) is 24.6 Å². The molecule has 26 heavy (non-hydrogen) atoms. The number of hydrogen-bond acceptors (Lipinski definition) is 6. The molecule has 1 aliphatic carbocycles. The fourth-order valence-electron chi connectivity index (χ4n) is 3.77. The van der Waals surface area contributed by atoms with E-state index in [1.807, 2.05) is 6.92 Å². The Labute approximate surface area is 152 Å². The summed E-state index contributed by atoms with van der Waals surface area (Å²) in [6.45, 7) is 3.97. The van der Waals surface area contributed by atoms with Gasteiger partial charge in [-0.25, -0.2) is 9.97 Å². The van der Waals surface area contributed by atoms with Crippen molar-refractivity contribution in [1.82, 2.24) is 25.5 Å². The van der Waals surface area contributed by atoms with E-state index in [9.17, 15) is 4.79 Å². The maximum Gasteiger partial charge on any atom is 0.272 e. The average Bonchev–Trinajstić information content (AvgIpc) is 3.29. The summed E-state index contributed by atoms with van der Waals surface area (Å²) in [7, 11) is 0. The molecular weight excluding hydrogens is 332 g/mol. The Kier molecular flexibility index (Phi) is 4.73. The molecule has 2 aromatic heterocycles. The Hall–Kier alpha value is -2.64. The smallest absolute Gasteiger partial charge is 0.272 e. The summed E-state index contributed by atoms with van der Waals surface area (Å²) in [5, 5.41) is 10.4. The average molecular weight is 356 g/mol. The number of aromatic nitrogens is 4. The molecule has 8 nitrogen and oxygen atoms in total. The zero-order chi connectivity index (χ0) is 17.9. The largest absolute Gasteiger partial charge is 0.475 e. The topological polar surface area (TPSA) is 96.0 Å². The molecule has 2 N–H and O–H groups in total. The summed E-state index contributed by atoms with van der Waals surface area (Å²) in [6.07, 6.45) is 8.36. The van der Waals surface area contributed by atoms with Crippen LogP contribution in [0.2, 0.25) is 0 Å². The predicted octanol–water partition coefficient (Wildman–Crippen LogP) is 1.49. The molecule has 138 valence electrons. The molecule has 1 aliphatic heterocycles. The van der Waals surface area contributed by atoms with Gasteiger partial charge in [0.25, 0.3) is 11.8 Å². The molecule has 0 spiro atoms. The maximum atomic E-state index is 12.7. The predicted molar refractivity (Wildman–Crippen MR) is 96.5 cm³/mol. The van der Waals surface area contributed by atoms with Gasteiger partial charge in [0, 0.05) is 42.8 Å². The van der Waals surface area contributed by atoms with Gasteiger partial charge in [-0.15, -0.1) is 0 Å². The summed E-state index contributed by atoms with van der Waals surface area (Å²) >= 11 is 0. The number of hydrogen-bond donors (Lipinski definition) is 2. The van der Waals surface area contributed by atoms with Crippen molar-refractivity contribution in [3.63, 3.8) is 0 Å². The molecule has 1 unspecified atom stereocenters. The minimum Gasteiger partial charge on any atom is -0.475 e. The number of amides is 1. The lowest BCUT2D eigenvalue weighted by atomic mass is 9.95. The number of anilines is 1. The van der Waals surface area contributed by atoms with Gasteiger partial charge in [0.1, 0.15) is 0 Å². The molecule has 0 radical (unpaired) electrons. The molecule has 1 fully saturated rings. The highest BCUT2D eigenvalue weighted by atomic mass is 16.5. The van der Waals surface area contributed by atoms with Gasteiger partial charge in [-0.1, -0.05) is 0 Å². The van der Waals surface area contributed by atoms with Gasteiger partial charge in [-0.05, 0) is 39.0 Å². The van der Waals surface area contributed by atoms with Crippen LogP contribution in [0.25, 0.3) is 0 Å². The lowest BCUT2D eigenvalue weighted by Crippen LogP contribution is -2.38. The van der Waals surface area contributed by atoms with Crippen molar-refractivity contribution < 1.29 is 9.53 Å². The highest BCUT2D eigenvalue weighted by Crippen LogP contribution is 2.27. The van der Waals surface area contributed by atoms with E-state index >= 15 is 0 Å². The number of nitrogens with zero attached hydrogens (tertiary/aromatic N) is 4. The zero-order valence-electron chi connectivity index (χ0n) is 15.0. The van der Waals surface area contributed by atoms with Gasteiger partial charge in [0.05, 0.1) is 6.61 Å². The van der Waals surface area contributed by atoms with Gasteiger partial charge in [0.2, 0.25) is 0 Å². The van der Waals surface area contributed by atoms with Crippen LogP contribution < -0.4 is 15.0 Å². The number of carbonyl (C=O) groups excluding carboxylic acids is 1. The third-order valence-corrected chi connectivity index (χ3v) is 5.02. The first kappa shape index (κ1) is 16.8. The van der Waals surface area contributed by atoms with Crippen LogP contribution in [0.4, 0.5) is 5.82 Å². The van der Waals surface area contributed by atoms with Crippen molar-refractivity contribution >= 4 is 11.7 Å². The van der Waals surface area contributed by atoms with Crippen LogP contribution >= 0.6 is 0 Å². The number of rotatable bonds is 5. The molecular formula is C18H24N6O2. The van der Waals surface area contributed by atoms with Crippen LogP contribution in [-0.2, 0) is 12.8 Å². The standard InChI is InChI=1S/C18H24N6O2/c1-2-26-18-16(19-8-9-20-18)24-10-7-12(11-24)21-17(25)15-13-5-3-4-6-14(13)22-23-15/h8-9,12H,2-7,10-11H2,1H3,(H,21,25)(H,22,23). The molecule has 3 heterocycles. The maximum absolute atomic E-state index is 12.7. The summed E-state index contributed by atoms with van der Waals surface area (Å²) in [4.78, 5) is 23.5. The van der Waals surface area contributed by atoms with Gasteiger partial charge in [0.15, 0.2) is 11.5 Å². The zero-order valence-corrected chi connectivity index (χ0v) is 15.0. The van der Waals surface area contributed by atoms with E-state index < -0.39 is 0 Å². The lowest BCUT2D eigenvalue weighted by molar-refractivity contribution is 0.0934. The first-order valence-electron chi connectivity index (χ1n) is 9.32. The van der Waals surface area contributed by atoms with Crippen LogP contribution in [0.3, 0.4) is 0 Å². The first-order chi connectivity index (χ1) is 12.8. The van der Waals surface area contributed by atoms with Gasteiger partial charge >= 0.3 is 0 Å². The minimum absolute atomic E-state index is 0.0647. The number of carbonyl (C=O) groups is 1. The summed E-state index contributed by atoms with van der Waals surface area (Å²) in [5.41, 5.74) is 2.78. The quantitative estimate of drug-likeness (QED) is 0.843. The Morgan fingerprint density at radius 2 is 2.19 bits per heavy atom. The highest BCUT2D eigenvalue weighted by molar-refractivity contribution is 5.94. The summed E-state index contributed by atoms with van der Waals surface area (Å²) < 4.78 is 5.57. The molecule has 8 heteroatoms. The van der Waals surface area contributed by atoms with E-state index in [1.165, 1.54) is 0 Å². The fraction of sp³-hybridized carbons (Fsp3) is 0.556. The van der Waals surface area contributed by atoms with Crippen LogP contribution in [0, 0.1) is 0 Å². The van der Waals surface area contributed by atoms with E-state index in [1.54, 1.807) is 12.4 Å². The van der Waals surface area contributed by atoms with Crippen molar-refractivity contribution in [2.45, 2.75) is 45.1 Å². The Bertz CT molecular complexity index is 790. The van der Waals surface area contributed by atoms with Crippen LogP contribution in [0.15, 0.2) is 12.4 Å². The third kappa shape index (κ3) is 3.23. The van der Waals surface area contributed by atoms with E-state index in [0.717, 1.165) is 55.7 Å². The minimum atomic E-state index is -0.0829. The van der Waals surface area contributed by atoms with Gasteiger partial charge in [-0.3, -0.25) is 9.89 Å². The number of fused-ring (bicyclic) bond motifs is 1. The van der Waals surface area contributed by atoms with E-state index in [0.29, 0.717) is 24.7 Å². The molecule has 2 aliphatic rings. The second-order valence-corrected chi connectivity index (χ2v) is 6.76. The molecule has 0 aromatic carbocycles. The van der Waals surface area contributed by atoms with E-state index in [-0.39, 0.29) is 11.9 Å². The second kappa shape index (κ2) is 7.31. The summed E-state index contributed by atoms with van der Waals surface area (Å²) in [6, 6.07) is 0.0647. The Morgan fingerprint density at radius 1 is 1.35 bits per heavy atom. The van der Waals surface area contributed by atoms with Crippen LogP contribution in [-0.4, -0.2) is 51.8 Å². The Morgan fingerprint density at radius 3 is 3.08 bits per heavy atom. The molecule has 2 aromatic rings. The molecule has 0 bridgehead atoms. The van der Waals surface area contributed by atoms with Gasteiger partial charge in [-0.2, -0.15) is 5.10 Å². The van der Waals surface area contributed by atoms with Crippen LogP contribution in [0.1, 0.15) is 47.9 Å². The number of H-pyrrole nitrogens is 1. The second-order valence-electron chi connectivity index (χ2n) is 6.76.